The van der Waals surface area contributed by atoms with Crippen molar-refractivity contribution in [2.75, 3.05) is 7.11 Å². The fourth-order valence-electron chi connectivity index (χ4n) is 4.53. The summed E-state index contributed by atoms with van der Waals surface area (Å²) in [7, 11) is 1.60. The Bertz CT molecular complexity index is 1060. The molecule has 0 fully saturated rings. The van der Waals surface area contributed by atoms with Crippen LogP contribution in [0.1, 0.15) is 55.9 Å². The lowest BCUT2D eigenvalue weighted by molar-refractivity contribution is -0.143. The molecule has 1 aromatic carbocycles. The van der Waals surface area contributed by atoms with Gasteiger partial charge in [0.1, 0.15) is 5.75 Å². The summed E-state index contributed by atoms with van der Waals surface area (Å²) in [4.78, 5) is 27.9. The Labute approximate surface area is 186 Å². The van der Waals surface area contributed by atoms with E-state index in [4.69, 9.17) is 9.47 Å². The summed E-state index contributed by atoms with van der Waals surface area (Å²) in [6, 6.07) is 11.7. The Morgan fingerprint density at radius 1 is 1.16 bits per heavy atom. The van der Waals surface area contributed by atoms with Crippen molar-refractivity contribution in [1.82, 2.24) is 5.32 Å². The fraction of sp³-hybridized carbons (Fsp3) is 0.360. The predicted molar refractivity (Wildman–Crippen MR) is 121 cm³/mol. The Morgan fingerprint density at radius 3 is 2.61 bits per heavy atom. The van der Waals surface area contributed by atoms with Crippen LogP contribution in [-0.4, -0.2) is 25.0 Å². The van der Waals surface area contributed by atoms with Gasteiger partial charge in [0.25, 0.3) is 0 Å². The highest BCUT2D eigenvalue weighted by molar-refractivity contribution is 7.10. The van der Waals surface area contributed by atoms with Crippen molar-refractivity contribution in [2.24, 2.45) is 0 Å². The summed E-state index contributed by atoms with van der Waals surface area (Å²) in [5.74, 6) is -0.0670. The van der Waals surface area contributed by atoms with Gasteiger partial charge in [-0.15, -0.1) is 11.3 Å². The number of nitrogens with one attached hydrogen (secondary N) is 1. The first-order valence-corrected chi connectivity index (χ1v) is 11.4. The van der Waals surface area contributed by atoms with Crippen molar-refractivity contribution in [1.29, 1.82) is 0 Å². The summed E-state index contributed by atoms with van der Waals surface area (Å²) in [5.41, 5.74) is 3.54. The molecule has 162 valence electrons. The molecule has 0 spiro atoms. The number of methoxy groups -OCH3 is 1. The molecule has 31 heavy (non-hydrogen) atoms. The average Bonchev–Trinajstić information content (AvgIpc) is 3.27. The van der Waals surface area contributed by atoms with Crippen molar-refractivity contribution in [2.45, 2.75) is 51.6 Å². The molecule has 4 rings (SSSR count). The van der Waals surface area contributed by atoms with E-state index in [1.165, 1.54) is 4.88 Å². The van der Waals surface area contributed by atoms with E-state index in [2.05, 4.69) is 11.4 Å². The first-order chi connectivity index (χ1) is 14.9. The van der Waals surface area contributed by atoms with Crippen LogP contribution in [0.25, 0.3) is 0 Å². The number of allylic oxidation sites excluding steroid dienone is 3. The molecule has 2 heterocycles. The first kappa shape index (κ1) is 21.4. The second-order valence-corrected chi connectivity index (χ2v) is 9.21. The second kappa shape index (κ2) is 8.71. The van der Waals surface area contributed by atoms with Gasteiger partial charge in [0.05, 0.1) is 24.7 Å². The average molecular weight is 438 g/mol. The maximum atomic E-state index is 13.5. The van der Waals surface area contributed by atoms with Crippen LogP contribution >= 0.6 is 11.3 Å². The molecule has 2 aliphatic rings. The van der Waals surface area contributed by atoms with Crippen molar-refractivity contribution >= 4 is 23.1 Å². The summed E-state index contributed by atoms with van der Waals surface area (Å²) < 4.78 is 11.2. The monoisotopic (exact) mass is 437 g/mol. The number of esters is 1. The lowest BCUT2D eigenvalue weighted by Gasteiger charge is -2.37. The maximum absolute atomic E-state index is 13.5. The number of ether oxygens (including phenoxy) is 2. The third kappa shape index (κ3) is 4.04. The highest BCUT2D eigenvalue weighted by atomic mass is 32.1. The minimum Gasteiger partial charge on any atom is -0.496 e. The van der Waals surface area contributed by atoms with Crippen LogP contribution in [-0.2, 0) is 14.3 Å². The molecule has 1 aromatic heterocycles. The number of hydrogen-bond donors (Lipinski definition) is 1. The van der Waals surface area contributed by atoms with Gasteiger partial charge in [-0.25, -0.2) is 4.79 Å². The normalized spacial score (nSPS) is 21.1. The third-order valence-electron chi connectivity index (χ3n) is 5.79. The van der Waals surface area contributed by atoms with E-state index < -0.39 is 11.9 Å². The lowest BCUT2D eigenvalue weighted by Crippen LogP contribution is -2.36. The molecule has 5 nitrogen and oxygen atoms in total. The number of rotatable bonds is 5. The smallest absolute Gasteiger partial charge is 0.337 e. The van der Waals surface area contributed by atoms with E-state index in [0.29, 0.717) is 23.3 Å². The largest absolute Gasteiger partial charge is 0.496 e. The zero-order valence-electron chi connectivity index (χ0n) is 18.2. The summed E-state index contributed by atoms with van der Waals surface area (Å²) in [6.07, 6.45) is 0.904. The van der Waals surface area contributed by atoms with Crippen molar-refractivity contribution in [3.8, 4) is 5.75 Å². The minimum absolute atomic E-state index is 0.0606. The Morgan fingerprint density at radius 2 is 1.94 bits per heavy atom. The molecule has 0 saturated carbocycles. The van der Waals surface area contributed by atoms with Gasteiger partial charge in [-0.2, -0.15) is 0 Å². The van der Waals surface area contributed by atoms with Gasteiger partial charge in [0.2, 0.25) is 0 Å². The molecule has 2 unspecified atom stereocenters. The van der Waals surface area contributed by atoms with Crippen LogP contribution in [0, 0.1) is 0 Å². The number of carbonyl (C=O) groups excluding carboxylic acids is 2. The number of hydrogen-bond acceptors (Lipinski definition) is 6. The van der Waals surface area contributed by atoms with Crippen LogP contribution in [0.5, 0.6) is 5.75 Å². The number of dihydropyridines is 1. The zero-order valence-corrected chi connectivity index (χ0v) is 19.0. The van der Waals surface area contributed by atoms with E-state index >= 15 is 0 Å². The van der Waals surface area contributed by atoms with E-state index in [0.717, 1.165) is 23.4 Å². The molecule has 0 amide bonds. The highest BCUT2D eigenvalue weighted by Crippen LogP contribution is 2.48. The number of thiophene rings is 1. The molecule has 2 aromatic rings. The van der Waals surface area contributed by atoms with E-state index in [9.17, 15) is 9.59 Å². The van der Waals surface area contributed by atoms with Crippen molar-refractivity contribution in [3.05, 3.63) is 74.8 Å². The molecular formula is C25H27NO4S. The van der Waals surface area contributed by atoms with Crippen LogP contribution in [0.15, 0.2) is 64.3 Å². The lowest BCUT2D eigenvalue weighted by atomic mass is 9.72. The first-order valence-electron chi connectivity index (χ1n) is 10.5. The molecular weight excluding hydrogens is 410 g/mol. The summed E-state index contributed by atoms with van der Waals surface area (Å²) >= 11 is 1.68. The molecule has 1 N–H and O–H groups in total. The fourth-order valence-corrected chi connectivity index (χ4v) is 5.36. The van der Waals surface area contributed by atoms with Gasteiger partial charge in [-0.1, -0.05) is 24.3 Å². The van der Waals surface area contributed by atoms with Crippen molar-refractivity contribution < 1.29 is 19.1 Å². The van der Waals surface area contributed by atoms with Gasteiger partial charge in [0, 0.05) is 39.7 Å². The number of para-hydroxylation sites is 1. The second-order valence-electron chi connectivity index (χ2n) is 8.23. The number of benzene rings is 1. The zero-order chi connectivity index (χ0) is 22.1. The number of Topliss-reactive ketones (excluding diaryl/α,β-unsaturated/α-hetero) is 1. The topological polar surface area (TPSA) is 64.6 Å². The molecule has 0 bridgehead atoms. The summed E-state index contributed by atoms with van der Waals surface area (Å²) in [6.45, 7) is 5.52. The highest BCUT2D eigenvalue weighted by Gasteiger charge is 2.42. The molecule has 6 heteroatoms. The summed E-state index contributed by atoms with van der Waals surface area (Å²) in [5, 5.41) is 5.43. The van der Waals surface area contributed by atoms with Gasteiger partial charge >= 0.3 is 5.97 Å². The van der Waals surface area contributed by atoms with Gasteiger partial charge in [-0.3, -0.25) is 4.79 Å². The third-order valence-corrected chi connectivity index (χ3v) is 6.82. The molecule has 0 saturated heterocycles. The van der Waals surface area contributed by atoms with Gasteiger partial charge < -0.3 is 14.8 Å². The number of ketones is 1. The quantitative estimate of drug-likeness (QED) is 0.662. The standard InChI is InChI=1S/C25H27NO4S/c1-14(2)30-25(28)22-15(3)26-18-12-16(21-10-7-11-31-21)13-19(27)24(18)23(22)17-8-5-6-9-20(17)29-4/h5-11,14,16,23,26H,12-13H2,1-4H3. The molecule has 1 aliphatic heterocycles. The van der Waals surface area contributed by atoms with Crippen LogP contribution < -0.4 is 10.1 Å². The van der Waals surface area contributed by atoms with Gasteiger partial charge in [0.15, 0.2) is 5.78 Å². The van der Waals surface area contributed by atoms with E-state index in [-0.39, 0.29) is 17.8 Å². The Hall–Kier alpha value is -2.86. The Kier molecular flexibility index (Phi) is 6.01. The molecule has 2 atom stereocenters. The Balaban J connectivity index is 1.84. The minimum atomic E-state index is -0.518. The van der Waals surface area contributed by atoms with Crippen LogP contribution in [0.4, 0.5) is 0 Å². The van der Waals surface area contributed by atoms with E-state index in [1.54, 1.807) is 18.4 Å². The van der Waals surface area contributed by atoms with E-state index in [1.807, 2.05) is 56.5 Å². The van der Waals surface area contributed by atoms with Gasteiger partial charge in [-0.05, 0) is 44.7 Å². The maximum Gasteiger partial charge on any atom is 0.337 e. The molecule has 1 aliphatic carbocycles. The SMILES string of the molecule is COc1ccccc1C1C(C(=O)OC(C)C)=C(C)NC2=C1C(=O)CC(c1cccs1)C2. The molecule has 0 radical (unpaired) electrons. The van der Waals surface area contributed by atoms with Crippen LogP contribution in [0.2, 0.25) is 0 Å². The van der Waals surface area contributed by atoms with Crippen molar-refractivity contribution in [3.63, 3.8) is 0 Å². The predicted octanol–water partition coefficient (Wildman–Crippen LogP) is 5.07. The number of carbonyl (C=O) groups is 2. The van der Waals surface area contributed by atoms with Crippen LogP contribution in [0.3, 0.4) is 0 Å².